The molecule has 1 fully saturated rings. The summed E-state index contributed by atoms with van der Waals surface area (Å²) in [5.41, 5.74) is 4.98. The number of halogens is 2. The predicted octanol–water partition coefficient (Wildman–Crippen LogP) is 3.27. The highest BCUT2D eigenvalue weighted by Crippen LogP contribution is 2.34. The van der Waals surface area contributed by atoms with E-state index >= 15 is 0 Å². The molecule has 0 spiro atoms. The van der Waals surface area contributed by atoms with E-state index in [1.54, 1.807) is 0 Å². The van der Waals surface area contributed by atoms with E-state index in [1.165, 1.54) is 25.8 Å². The van der Waals surface area contributed by atoms with Gasteiger partial charge in [0.1, 0.15) is 28.3 Å². The van der Waals surface area contributed by atoms with Crippen LogP contribution < -0.4 is 21.1 Å². The van der Waals surface area contributed by atoms with Gasteiger partial charge >= 0.3 is 6.03 Å². The van der Waals surface area contributed by atoms with Crippen LogP contribution >= 0.6 is 11.5 Å². The lowest BCUT2D eigenvalue weighted by Gasteiger charge is -2.15. The molecule has 1 unspecified atom stereocenters. The molecule has 2 aromatic rings. The first-order valence-electron chi connectivity index (χ1n) is 10.0. The van der Waals surface area contributed by atoms with Crippen LogP contribution in [0.15, 0.2) is 18.2 Å². The minimum atomic E-state index is -1.08. The fourth-order valence-corrected chi connectivity index (χ4v) is 4.17. The van der Waals surface area contributed by atoms with Crippen LogP contribution in [0.2, 0.25) is 0 Å². The van der Waals surface area contributed by atoms with Crippen molar-refractivity contribution in [2.45, 2.75) is 32.3 Å². The van der Waals surface area contributed by atoms with Crippen LogP contribution in [0, 0.1) is 11.6 Å². The van der Waals surface area contributed by atoms with Crippen LogP contribution in [0.3, 0.4) is 0 Å². The number of urea groups is 1. The maximum atomic E-state index is 14.0. The maximum absolute atomic E-state index is 14.0. The number of hydrogen-bond acceptors (Lipinski definition) is 6. The zero-order chi connectivity index (χ0) is 22.4. The number of likely N-dealkylation sites (tertiary alicyclic amines) is 1. The minimum absolute atomic E-state index is 0.0979. The molecule has 1 atom stereocenters. The number of amides is 3. The van der Waals surface area contributed by atoms with Crippen LogP contribution in [0.5, 0.6) is 5.88 Å². The van der Waals surface area contributed by atoms with E-state index in [0.717, 1.165) is 49.7 Å². The summed E-state index contributed by atoms with van der Waals surface area (Å²) < 4.78 is 37.5. The summed E-state index contributed by atoms with van der Waals surface area (Å²) in [6, 6.07) is 2.95. The summed E-state index contributed by atoms with van der Waals surface area (Å²) in [5, 5.41) is 5.36. The number of carbonyl (C=O) groups is 2. The van der Waals surface area contributed by atoms with Crippen molar-refractivity contribution in [2.24, 2.45) is 5.73 Å². The molecule has 31 heavy (non-hydrogen) atoms. The number of primary amides is 1. The molecular formula is C20H25F2N5O3S. The Morgan fingerprint density at radius 3 is 2.61 bits per heavy atom. The lowest BCUT2D eigenvalue weighted by Crippen LogP contribution is -2.32. The molecular weight excluding hydrogens is 428 g/mol. The molecule has 168 valence electrons. The molecule has 0 radical (unpaired) electrons. The van der Waals surface area contributed by atoms with Crippen LogP contribution in [-0.4, -0.2) is 47.4 Å². The van der Waals surface area contributed by atoms with Gasteiger partial charge in [-0.25, -0.2) is 13.6 Å². The van der Waals surface area contributed by atoms with Gasteiger partial charge in [-0.3, -0.25) is 10.1 Å². The van der Waals surface area contributed by atoms with E-state index in [4.69, 9.17) is 10.5 Å². The normalized spacial score (nSPS) is 14.9. The zero-order valence-corrected chi connectivity index (χ0v) is 17.9. The quantitative estimate of drug-likeness (QED) is 0.505. The van der Waals surface area contributed by atoms with Crippen LogP contribution in [0.25, 0.3) is 0 Å². The third kappa shape index (κ3) is 5.88. The Morgan fingerprint density at radius 2 is 1.97 bits per heavy atom. The van der Waals surface area contributed by atoms with Gasteiger partial charge in [0, 0.05) is 6.54 Å². The lowest BCUT2D eigenvalue weighted by molar-refractivity contribution is 0.0994. The Hall–Kier alpha value is -2.79. The number of rotatable bonds is 9. The van der Waals surface area contributed by atoms with Crippen LogP contribution in [0.1, 0.15) is 48.2 Å². The second-order valence-corrected chi connectivity index (χ2v) is 8.01. The molecule has 3 rings (SSSR count). The molecule has 0 aliphatic carbocycles. The number of carbonyl (C=O) groups excluding carboxylic acids is 2. The summed E-state index contributed by atoms with van der Waals surface area (Å²) in [6.45, 7) is 4.99. The van der Waals surface area contributed by atoms with Crippen LogP contribution in [-0.2, 0) is 0 Å². The van der Waals surface area contributed by atoms with E-state index < -0.39 is 29.7 Å². The maximum Gasteiger partial charge on any atom is 0.319 e. The van der Waals surface area contributed by atoms with Gasteiger partial charge in [-0.15, -0.1) is 0 Å². The standard InChI is InChI=1S/C20H25F2N5O3S/c1-12(15-13(21)6-4-7-14(15)22)30-18-16(17(23)28)19(31-26-18)25-20(29)24-8-5-11-27-9-2-3-10-27/h4,6-7,12H,2-3,5,8-11H2,1H3,(H2,23,28)(H2,24,25,29). The SMILES string of the molecule is CC(Oc1nsc(NC(=O)NCCCN2CCCC2)c1C(N)=O)c1c(F)cccc1F. The number of aromatic nitrogens is 1. The van der Waals surface area contributed by atoms with E-state index in [2.05, 4.69) is 19.9 Å². The van der Waals surface area contributed by atoms with Gasteiger partial charge in [-0.2, -0.15) is 4.37 Å². The highest BCUT2D eigenvalue weighted by atomic mass is 32.1. The van der Waals surface area contributed by atoms with Gasteiger partial charge in [-0.05, 0) is 69.5 Å². The zero-order valence-electron chi connectivity index (χ0n) is 17.1. The van der Waals surface area contributed by atoms with Crippen LogP contribution in [0.4, 0.5) is 18.6 Å². The summed E-state index contributed by atoms with van der Waals surface area (Å²) in [6.07, 6.45) is 2.15. The largest absolute Gasteiger partial charge is 0.468 e. The van der Waals surface area contributed by atoms with Crippen molar-refractivity contribution in [1.29, 1.82) is 0 Å². The Bertz CT molecular complexity index is 913. The molecule has 2 heterocycles. The second-order valence-electron chi connectivity index (χ2n) is 7.23. The van der Waals surface area contributed by atoms with Crippen molar-refractivity contribution < 1.29 is 23.1 Å². The van der Waals surface area contributed by atoms with Crippen molar-refractivity contribution in [3.05, 3.63) is 41.0 Å². The highest BCUT2D eigenvalue weighted by molar-refractivity contribution is 7.11. The first-order chi connectivity index (χ1) is 14.9. The van der Waals surface area contributed by atoms with E-state index in [9.17, 15) is 18.4 Å². The van der Waals surface area contributed by atoms with Gasteiger partial charge in [-0.1, -0.05) is 6.07 Å². The Morgan fingerprint density at radius 1 is 1.29 bits per heavy atom. The van der Waals surface area contributed by atoms with Crippen molar-refractivity contribution in [2.75, 3.05) is 31.5 Å². The summed E-state index contributed by atoms with van der Waals surface area (Å²) in [7, 11) is 0. The number of anilines is 1. The number of benzene rings is 1. The number of nitrogens with zero attached hydrogens (tertiary/aromatic N) is 2. The molecule has 1 aromatic heterocycles. The van der Waals surface area contributed by atoms with Crippen molar-refractivity contribution in [3.63, 3.8) is 0 Å². The van der Waals surface area contributed by atoms with E-state index in [-0.39, 0.29) is 22.0 Å². The molecule has 8 nitrogen and oxygen atoms in total. The average molecular weight is 454 g/mol. The highest BCUT2D eigenvalue weighted by Gasteiger charge is 2.25. The number of nitrogens with one attached hydrogen (secondary N) is 2. The van der Waals surface area contributed by atoms with Gasteiger partial charge < -0.3 is 20.7 Å². The summed E-state index contributed by atoms with van der Waals surface area (Å²) >= 11 is 0.795. The van der Waals surface area contributed by atoms with Gasteiger partial charge in [0.2, 0.25) is 5.88 Å². The molecule has 0 saturated carbocycles. The van der Waals surface area contributed by atoms with Gasteiger partial charge in [0.15, 0.2) is 0 Å². The topological polar surface area (TPSA) is 110 Å². The monoisotopic (exact) mass is 453 g/mol. The van der Waals surface area contributed by atoms with Gasteiger partial charge in [0.25, 0.3) is 5.91 Å². The van der Waals surface area contributed by atoms with Crippen molar-refractivity contribution in [1.82, 2.24) is 14.6 Å². The lowest BCUT2D eigenvalue weighted by atomic mass is 10.1. The number of hydrogen-bond donors (Lipinski definition) is 3. The van der Waals surface area contributed by atoms with Crippen molar-refractivity contribution >= 4 is 28.5 Å². The minimum Gasteiger partial charge on any atom is -0.468 e. The molecule has 1 aliphatic heterocycles. The summed E-state index contributed by atoms with van der Waals surface area (Å²) in [5.74, 6) is -2.64. The molecule has 3 amide bonds. The Labute approximate surface area is 182 Å². The smallest absolute Gasteiger partial charge is 0.319 e. The third-order valence-corrected chi connectivity index (χ3v) is 5.71. The average Bonchev–Trinajstić information content (AvgIpc) is 3.35. The van der Waals surface area contributed by atoms with Gasteiger partial charge in [0.05, 0.1) is 5.56 Å². The fraction of sp³-hybridized carbons (Fsp3) is 0.450. The first kappa shape index (κ1) is 22.9. The predicted molar refractivity (Wildman–Crippen MR) is 113 cm³/mol. The second kappa shape index (κ2) is 10.5. The molecule has 4 N–H and O–H groups in total. The van der Waals surface area contributed by atoms with Crippen molar-refractivity contribution in [3.8, 4) is 5.88 Å². The fourth-order valence-electron chi connectivity index (χ4n) is 3.44. The molecule has 0 bridgehead atoms. The molecule has 1 aromatic carbocycles. The molecule has 1 saturated heterocycles. The van der Waals surface area contributed by atoms with E-state index in [1.807, 2.05) is 0 Å². The first-order valence-corrected chi connectivity index (χ1v) is 10.8. The molecule has 1 aliphatic rings. The Kier molecular flexibility index (Phi) is 7.75. The third-order valence-electron chi connectivity index (χ3n) is 4.96. The van der Waals surface area contributed by atoms with E-state index in [0.29, 0.717) is 6.54 Å². The number of ether oxygens (including phenoxy) is 1. The summed E-state index contributed by atoms with van der Waals surface area (Å²) in [4.78, 5) is 26.4. The molecule has 11 heteroatoms. The Balaban J connectivity index is 1.60. The number of nitrogens with two attached hydrogens (primary N) is 1.